The minimum Gasteiger partial charge on any atom is -0.462 e. The number of unbranched alkanes of at least 4 members (excludes halogenated alkanes) is 27. The first-order valence-electron chi connectivity index (χ1n) is 27.5. The van der Waals surface area contributed by atoms with Crippen LogP contribution in [0, 0.1) is 0 Å². The summed E-state index contributed by atoms with van der Waals surface area (Å²) in [5.41, 5.74) is 0. The standard InChI is InChI=1S/C59H102O6/c1-4-7-10-13-16-19-22-25-27-29-31-32-34-37-40-43-46-49-52-58(61)64-55-56(54-63-57(60)51-48-45-42-39-36-24-21-18-15-12-9-6-3)65-59(62)53-50-47-44-41-38-35-33-30-28-26-23-20-17-14-11-8-5-2/h17,20,26-29,31-33,35,41,44,56H,4-16,18-19,21-25,30,34,36-40,42-43,45-55H2,1-3H3/b20-17-,28-26-,29-27-,32-31-,35-33-,44-41-. The molecule has 65 heavy (non-hydrogen) atoms. The van der Waals surface area contributed by atoms with Gasteiger partial charge >= 0.3 is 17.9 Å². The smallest absolute Gasteiger partial charge is 0.306 e. The molecule has 6 heteroatoms. The number of carbonyl (C=O) groups excluding carboxylic acids is 3. The van der Waals surface area contributed by atoms with Gasteiger partial charge in [-0.25, -0.2) is 0 Å². The number of ether oxygens (including phenoxy) is 3. The third-order valence-corrected chi connectivity index (χ3v) is 11.7. The van der Waals surface area contributed by atoms with Gasteiger partial charge in [0.15, 0.2) is 6.10 Å². The molecule has 6 nitrogen and oxygen atoms in total. The van der Waals surface area contributed by atoms with Crippen LogP contribution in [-0.2, 0) is 28.6 Å². The monoisotopic (exact) mass is 907 g/mol. The fourth-order valence-corrected chi connectivity index (χ4v) is 7.54. The van der Waals surface area contributed by atoms with Gasteiger partial charge in [-0.15, -0.1) is 0 Å². The van der Waals surface area contributed by atoms with Gasteiger partial charge in [0.1, 0.15) is 13.2 Å². The topological polar surface area (TPSA) is 78.9 Å². The SMILES string of the molecule is CCCCC/C=C\C/C=C\C/C=C\C/C=C\CCCC(=O)OC(COC(=O)CCCCCCC/C=C\C=C/CCCCCCCCC)COC(=O)CCCCCCCCCCCCCC. The van der Waals surface area contributed by atoms with E-state index in [1.54, 1.807) is 0 Å². The summed E-state index contributed by atoms with van der Waals surface area (Å²) in [6.07, 6.45) is 67.5. The van der Waals surface area contributed by atoms with Gasteiger partial charge in [0.25, 0.3) is 0 Å². The van der Waals surface area contributed by atoms with Crippen LogP contribution in [0.2, 0.25) is 0 Å². The van der Waals surface area contributed by atoms with Gasteiger partial charge in [-0.3, -0.25) is 14.4 Å². The summed E-state index contributed by atoms with van der Waals surface area (Å²) in [7, 11) is 0. The van der Waals surface area contributed by atoms with Gasteiger partial charge in [0.05, 0.1) is 0 Å². The number of allylic oxidation sites excluding steroid dienone is 12. The molecule has 0 aliphatic heterocycles. The maximum Gasteiger partial charge on any atom is 0.306 e. The quantitative estimate of drug-likeness (QED) is 0.0199. The van der Waals surface area contributed by atoms with E-state index in [0.717, 1.165) is 83.5 Å². The van der Waals surface area contributed by atoms with Crippen molar-refractivity contribution in [3.8, 4) is 0 Å². The zero-order valence-electron chi connectivity index (χ0n) is 42.7. The van der Waals surface area contributed by atoms with Crippen molar-refractivity contribution in [3.05, 3.63) is 72.9 Å². The Balaban J connectivity index is 4.48. The normalized spacial score (nSPS) is 12.6. The summed E-state index contributed by atoms with van der Waals surface area (Å²) in [4.78, 5) is 38.0. The van der Waals surface area contributed by atoms with Gasteiger partial charge in [-0.2, -0.15) is 0 Å². The van der Waals surface area contributed by atoms with Gasteiger partial charge in [0, 0.05) is 19.3 Å². The number of hydrogen-bond acceptors (Lipinski definition) is 6. The van der Waals surface area contributed by atoms with Crippen molar-refractivity contribution in [2.24, 2.45) is 0 Å². The van der Waals surface area contributed by atoms with E-state index in [9.17, 15) is 14.4 Å². The highest BCUT2D eigenvalue weighted by Crippen LogP contribution is 2.14. The molecule has 0 aromatic rings. The van der Waals surface area contributed by atoms with Crippen LogP contribution in [0.4, 0.5) is 0 Å². The van der Waals surface area contributed by atoms with E-state index in [2.05, 4.69) is 93.7 Å². The van der Waals surface area contributed by atoms with Crippen LogP contribution in [0.25, 0.3) is 0 Å². The molecule has 0 saturated carbocycles. The lowest BCUT2D eigenvalue weighted by Gasteiger charge is -2.18. The van der Waals surface area contributed by atoms with Crippen molar-refractivity contribution in [3.63, 3.8) is 0 Å². The maximum atomic E-state index is 12.8. The molecule has 374 valence electrons. The van der Waals surface area contributed by atoms with Crippen LogP contribution >= 0.6 is 0 Å². The third-order valence-electron chi connectivity index (χ3n) is 11.7. The molecule has 0 aliphatic carbocycles. The molecule has 0 spiro atoms. The molecule has 0 aliphatic rings. The minimum absolute atomic E-state index is 0.100. The van der Waals surface area contributed by atoms with Gasteiger partial charge in [-0.1, -0.05) is 235 Å². The van der Waals surface area contributed by atoms with Crippen molar-refractivity contribution in [2.75, 3.05) is 13.2 Å². The Kier molecular flexibility index (Phi) is 50.9. The molecule has 0 aromatic heterocycles. The fourth-order valence-electron chi connectivity index (χ4n) is 7.54. The summed E-state index contributed by atoms with van der Waals surface area (Å²) in [6.45, 7) is 6.55. The maximum absolute atomic E-state index is 12.8. The first-order chi connectivity index (χ1) is 32.0. The molecule has 0 fully saturated rings. The highest BCUT2D eigenvalue weighted by atomic mass is 16.6. The lowest BCUT2D eigenvalue weighted by Crippen LogP contribution is -2.30. The Morgan fingerprint density at radius 3 is 1.03 bits per heavy atom. The van der Waals surface area contributed by atoms with Crippen molar-refractivity contribution in [1.82, 2.24) is 0 Å². The molecule has 0 radical (unpaired) electrons. The molecule has 0 rings (SSSR count). The van der Waals surface area contributed by atoms with E-state index < -0.39 is 6.10 Å². The molecule has 0 amide bonds. The Labute approximate surface area is 402 Å². The largest absolute Gasteiger partial charge is 0.462 e. The Hall–Kier alpha value is -3.15. The summed E-state index contributed by atoms with van der Waals surface area (Å²) in [5, 5.41) is 0. The van der Waals surface area contributed by atoms with E-state index in [4.69, 9.17) is 14.2 Å². The van der Waals surface area contributed by atoms with Crippen LogP contribution < -0.4 is 0 Å². The Morgan fingerprint density at radius 2 is 0.615 bits per heavy atom. The molecular weight excluding hydrogens is 805 g/mol. The molecular formula is C59H102O6. The molecule has 0 heterocycles. The summed E-state index contributed by atoms with van der Waals surface area (Å²) in [6, 6.07) is 0. The average molecular weight is 907 g/mol. The predicted octanol–water partition coefficient (Wildman–Crippen LogP) is 18.2. The number of hydrogen-bond donors (Lipinski definition) is 0. The van der Waals surface area contributed by atoms with E-state index >= 15 is 0 Å². The van der Waals surface area contributed by atoms with Gasteiger partial charge in [0.2, 0.25) is 0 Å². The van der Waals surface area contributed by atoms with Crippen molar-refractivity contribution < 1.29 is 28.6 Å². The minimum atomic E-state index is -0.808. The summed E-state index contributed by atoms with van der Waals surface area (Å²) < 4.78 is 16.8. The van der Waals surface area contributed by atoms with E-state index in [0.29, 0.717) is 19.3 Å². The second kappa shape index (κ2) is 53.5. The van der Waals surface area contributed by atoms with Crippen LogP contribution in [0.15, 0.2) is 72.9 Å². The van der Waals surface area contributed by atoms with Gasteiger partial charge in [-0.05, 0) is 83.5 Å². The van der Waals surface area contributed by atoms with E-state index in [1.807, 2.05) is 0 Å². The van der Waals surface area contributed by atoms with Gasteiger partial charge < -0.3 is 14.2 Å². The first kappa shape index (κ1) is 61.9. The number of rotatable bonds is 49. The van der Waals surface area contributed by atoms with Crippen LogP contribution in [-0.4, -0.2) is 37.2 Å². The number of carbonyl (C=O) groups is 3. The Morgan fingerprint density at radius 1 is 0.323 bits per heavy atom. The fraction of sp³-hybridized carbons (Fsp3) is 0.746. The molecule has 1 unspecified atom stereocenters. The summed E-state index contributed by atoms with van der Waals surface area (Å²) in [5.74, 6) is -0.968. The van der Waals surface area contributed by atoms with Crippen LogP contribution in [0.3, 0.4) is 0 Å². The van der Waals surface area contributed by atoms with Crippen LogP contribution in [0.1, 0.15) is 265 Å². The summed E-state index contributed by atoms with van der Waals surface area (Å²) >= 11 is 0. The van der Waals surface area contributed by atoms with Crippen molar-refractivity contribution >= 4 is 17.9 Å². The molecule has 1 atom stereocenters. The zero-order chi connectivity index (χ0) is 47.2. The van der Waals surface area contributed by atoms with Crippen LogP contribution in [0.5, 0.6) is 0 Å². The highest BCUT2D eigenvalue weighted by molar-refractivity contribution is 5.71. The average Bonchev–Trinajstić information content (AvgIpc) is 3.30. The first-order valence-corrected chi connectivity index (χ1v) is 27.5. The van der Waals surface area contributed by atoms with E-state index in [-0.39, 0.29) is 37.5 Å². The van der Waals surface area contributed by atoms with Crippen molar-refractivity contribution in [2.45, 2.75) is 271 Å². The lowest BCUT2D eigenvalue weighted by molar-refractivity contribution is -0.167. The van der Waals surface area contributed by atoms with Crippen molar-refractivity contribution in [1.29, 1.82) is 0 Å². The second-order valence-corrected chi connectivity index (χ2v) is 18.2. The molecule has 0 saturated heterocycles. The highest BCUT2D eigenvalue weighted by Gasteiger charge is 2.19. The second-order valence-electron chi connectivity index (χ2n) is 18.2. The zero-order valence-corrected chi connectivity index (χ0v) is 42.7. The Bertz CT molecular complexity index is 1230. The predicted molar refractivity (Wildman–Crippen MR) is 279 cm³/mol. The molecule has 0 aromatic carbocycles. The lowest BCUT2D eigenvalue weighted by atomic mass is 10.0. The van der Waals surface area contributed by atoms with E-state index in [1.165, 1.54) is 135 Å². The molecule has 0 N–H and O–H groups in total. The number of esters is 3. The third kappa shape index (κ3) is 51.7. The molecule has 0 bridgehead atoms.